The minimum atomic E-state index is -0.508. The molecule has 0 radical (unpaired) electrons. The maximum Gasteiger partial charge on any atom is 0.270 e. The Labute approximate surface area is 138 Å². The molecule has 0 aliphatic carbocycles. The summed E-state index contributed by atoms with van der Waals surface area (Å²) < 4.78 is 0. The van der Waals surface area contributed by atoms with Crippen molar-refractivity contribution in [2.24, 2.45) is 4.99 Å². The number of hydrogen-bond acceptors (Lipinski definition) is 4. The van der Waals surface area contributed by atoms with Crippen LogP contribution >= 0.6 is 0 Å². The standard InChI is InChI=1S/C19H14N2O3/c22-19-11-10-18(21(23)24)12-16(19)13-20-17-8-6-15(7-9-17)14-4-2-1-3-5-14/h1-13,22H/b20-13+. The number of phenols is 1. The maximum atomic E-state index is 10.8. The average molecular weight is 318 g/mol. The van der Waals surface area contributed by atoms with E-state index in [0.717, 1.165) is 11.1 Å². The van der Waals surface area contributed by atoms with E-state index < -0.39 is 4.92 Å². The van der Waals surface area contributed by atoms with Gasteiger partial charge in [0.1, 0.15) is 5.75 Å². The highest BCUT2D eigenvalue weighted by Gasteiger charge is 2.08. The molecule has 0 saturated carbocycles. The number of benzene rings is 3. The van der Waals surface area contributed by atoms with E-state index in [1.54, 1.807) is 0 Å². The molecule has 1 N–H and O–H groups in total. The molecule has 3 aromatic rings. The molecule has 0 aliphatic rings. The zero-order chi connectivity index (χ0) is 16.9. The molecule has 0 saturated heterocycles. The second-order valence-corrected chi connectivity index (χ2v) is 5.17. The van der Waals surface area contributed by atoms with E-state index in [-0.39, 0.29) is 11.4 Å². The summed E-state index contributed by atoms with van der Waals surface area (Å²) in [5.74, 6) is -0.0507. The summed E-state index contributed by atoms with van der Waals surface area (Å²) in [6.45, 7) is 0. The first-order chi connectivity index (χ1) is 11.6. The molecular formula is C19H14N2O3. The average Bonchev–Trinajstić information content (AvgIpc) is 2.62. The van der Waals surface area contributed by atoms with Crippen molar-refractivity contribution >= 4 is 17.6 Å². The first kappa shape index (κ1) is 15.4. The van der Waals surface area contributed by atoms with Crippen molar-refractivity contribution < 1.29 is 10.0 Å². The Morgan fingerprint density at radius 1 is 0.917 bits per heavy atom. The van der Waals surface area contributed by atoms with Crippen LogP contribution in [0.5, 0.6) is 5.75 Å². The normalized spacial score (nSPS) is 10.8. The van der Waals surface area contributed by atoms with Crippen LogP contribution in [-0.4, -0.2) is 16.2 Å². The number of nitrogens with zero attached hydrogens (tertiary/aromatic N) is 2. The van der Waals surface area contributed by atoms with Crippen molar-refractivity contribution in [2.75, 3.05) is 0 Å². The highest BCUT2D eigenvalue weighted by molar-refractivity contribution is 5.86. The second-order valence-electron chi connectivity index (χ2n) is 5.17. The Morgan fingerprint density at radius 3 is 2.25 bits per heavy atom. The van der Waals surface area contributed by atoms with Crippen LogP contribution < -0.4 is 0 Å². The Morgan fingerprint density at radius 2 is 1.58 bits per heavy atom. The number of rotatable bonds is 4. The third kappa shape index (κ3) is 3.47. The number of aromatic hydroxyl groups is 1. The van der Waals surface area contributed by atoms with Gasteiger partial charge >= 0.3 is 0 Å². The molecule has 5 nitrogen and oxygen atoms in total. The fourth-order valence-corrected chi connectivity index (χ4v) is 2.27. The number of hydrogen-bond donors (Lipinski definition) is 1. The van der Waals surface area contributed by atoms with Crippen LogP contribution in [0.4, 0.5) is 11.4 Å². The summed E-state index contributed by atoms with van der Waals surface area (Å²) in [6.07, 6.45) is 1.42. The van der Waals surface area contributed by atoms with Crippen LogP contribution in [0, 0.1) is 10.1 Å². The molecule has 0 fully saturated rings. The van der Waals surface area contributed by atoms with Gasteiger partial charge < -0.3 is 5.11 Å². The molecule has 0 heterocycles. The Balaban J connectivity index is 1.83. The number of nitro groups is 1. The molecule has 0 aromatic heterocycles. The fraction of sp³-hybridized carbons (Fsp3) is 0. The van der Waals surface area contributed by atoms with Gasteiger partial charge in [-0.25, -0.2) is 0 Å². The van der Waals surface area contributed by atoms with Gasteiger partial charge in [-0.3, -0.25) is 15.1 Å². The van der Waals surface area contributed by atoms with Gasteiger partial charge in [-0.1, -0.05) is 42.5 Å². The summed E-state index contributed by atoms with van der Waals surface area (Å²) in [5, 5.41) is 20.6. The Bertz CT molecular complexity index is 888. The van der Waals surface area contributed by atoms with Gasteiger partial charge in [0.05, 0.1) is 10.6 Å². The van der Waals surface area contributed by atoms with E-state index in [9.17, 15) is 15.2 Å². The van der Waals surface area contributed by atoms with Crippen LogP contribution in [0.3, 0.4) is 0 Å². The minimum absolute atomic E-state index is 0.0507. The van der Waals surface area contributed by atoms with Gasteiger partial charge in [0.25, 0.3) is 5.69 Å². The molecule has 0 spiro atoms. The molecule has 3 aromatic carbocycles. The highest BCUT2D eigenvalue weighted by Crippen LogP contribution is 2.24. The van der Waals surface area contributed by atoms with E-state index in [1.165, 1.54) is 24.4 Å². The molecule has 0 amide bonds. The van der Waals surface area contributed by atoms with Gasteiger partial charge in [0.2, 0.25) is 0 Å². The summed E-state index contributed by atoms with van der Waals surface area (Å²) in [7, 11) is 0. The van der Waals surface area contributed by atoms with Gasteiger partial charge in [-0.15, -0.1) is 0 Å². The van der Waals surface area contributed by atoms with Gasteiger partial charge in [-0.05, 0) is 29.3 Å². The van der Waals surface area contributed by atoms with Crippen molar-refractivity contribution in [3.8, 4) is 16.9 Å². The first-order valence-electron chi connectivity index (χ1n) is 7.30. The third-order valence-electron chi connectivity index (χ3n) is 3.55. The molecule has 0 bridgehead atoms. The topological polar surface area (TPSA) is 75.7 Å². The van der Waals surface area contributed by atoms with E-state index in [2.05, 4.69) is 4.99 Å². The minimum Gasteiger partial charge on any atom is -0.507 e. The number of phenolic OH excluding ortho intramolecular Hbond substituents is 1. The fourth-order valence-electron chi connectivity index (χ4n) is 2.27. The summed E-state index contributed by atoms with van der Waals surface area (Å²) in [4.78, 5) is 14.5. The SMILES string of the molecule is O=[N+]([O-])c1ccc(O)c(/C=N/c2ccc(-c3ccccc3)cc2)c1. The second kappa shape index (κ2) is 6.75. The summed E-state index contributed by atoms with van der Waals surface area (Å²) in [6, 6.07) is 21.4. The van der Waals surface area contributed by atoms with Crippen LogP contribution in [0.2, 0.25) is 0 Å². The molecule has 0 atom stereocenters. The molecule has 0 aliphatic heterocycles. The van der Waals surface area contributed by atoms with Crippen LogP contribution in [0.1, 0.15) is 5.56 Å². The van der Waals surface area contributed by atoms with Crippen LogP contribution in [0.25, 0.3) is 11.1 Å². The van der Waals surface area contributed by atoms with Gasteiger partial charge in [-0.2, -0.15) is 0 Å². The predicted molar refractivity (Wildman–Crippen MR) is 93.9 cm³/mol. The van der Waals surface area contributed by atoms with E-state index in [1.807, 2.05) is 54.6 Å². The van der Waals surface area contributed by atoms with Crippen molar-refractivity contribution in [1.29, 1.82) is 0 Å². The maximum absolute atomic E-state index is 10.8. The number of non-ortho nitro benzene ring substituents is 1. The Hall–Kier alpha value is -3.47. The van der Waals surface area contributed by atoms with Crippen molar-refractivity contribution in [2.45, 2.75) is 0 Å². The zero-order valence-electron chi connectivity index (χ0n) is 12.7. The zero-order valence-corrected chi connectivity index (χ0v) is 12.7. The predicted octanol–water partition coefficient (Wildman–Crippen LogP) is 4.72. The smallest absolute Gasteiger partial charge is 0.270 e. The lowest BCUT2D eigenvalue weighted by molar-refractivity contribution is -0.384. The molecule has 0 unspecified atom stereocenters. The van der Waals surface area contributed by atoms with E-state index in [4.69, 9.17) is 0 Å². The Kier molecular flexibility index (Phi) is 4.34. The molecule has 24 heavy (non-hydrogen) atoms. The highest BCUT2D eigenvalue weighted by atomic mass is 16.6. The van der Waals surface area contributed by atoms with Crippen LogP contribution in [-0.2, 0) is 0 Å². The summed E-state index contributed by atoms with van der Waals surface area (Å²) in [5.41, 5.74) is 3.10. The lowest BCUT2D eigenvalue weighted by Crippen LogP contribution is -1.90. The van der Waals surface area contributed by atoms with E-state index >= 15 is 0 Å². The first-order valence-corrected chi connectivity index (χ1v) is 7.30. The molecular weight excluding hydrogens is 304 g/mol. The summed E-state index contributed by atoms with van der Waals surface area (Å²) >= 11 is 0. The largest absolute Gasteiger partial charge is 0.507 e. The third-order valence-corrected chi connectivity index (χ3v) is 3.55. The van der Waals surface area contributed by atoms with Gasteiger partial charge in [0, 0.05) is 23.9 Å². The quantitative estimate of drug-likeness (QED) is 0.429. The van der Waals surface area contributed by atoms with Crippen molar-refractivity contribution in [3.63, 3.8) is 0 Å². The number of nitro benzene ring substituents is 1. The molecule has 3 rings (SSSR count). The molecule has 118 valence electrons. The number of aliphatic imine (C=N–C) groups is 1. The van der Waals surface area contributed by atoms with Crippen molar-refractivity contribution in [3.05, 3.63) is 88.5 Å². The lowest BCUT2D eigenvalue weighted by atomic mass is 10.1. The lowest BCUT2D eigenvalue weighted by Gasteiger charge is -2.02. The van der Waals surface area contributed by atoms with E-state index in [0.29, 0.717) is 11.3 Å². The monoisotopic (exact) mass is 318 g/mol. The molecule has 5 heteroatoms. The van der Waals surface area contributed by atoms with Crippen LogP contribution in [0.15, 0.2) is 77.8 Å². The van der Waals surface area contributed by atoms with Crippen molar-refractivity contribution in [1.82, 2.24) is 0 Å². The van der Waals surface area contributed by atoms with Gasteiger partial charge in [0.15, 0.2) is 0 Å².